The number of carbonyl (C=O) groups excluding carboxylic acids is 1. The van der Waals surface area contributed by atoms with Crippen molar-refractivity contribution in [3.63, 3.8) is 0 Å². The molecule has 0 bridgehead atoms. The Balaban J connectivity index is 1.56. The molecule has 0 unspecified atom stereocenters. The first-order valence-corrected chi connectivity index (χ1v) is 8.59. The van der Waals surface area contributed by atoms with E-state index in [1.54, 1.807) is 42.9 Å². The SMILES string of the molecule is Cc1nn(CCC(=O)Nc2ccn(Cc3ccc(F)cc3)n2)c(C)c1[N+](=O)[O-]. The molecule has 1 aromatic carbocycles. The summed E-state index contributed by atoms with van der Waals surface area (Å²) in [4.78, 5) is 22.7. The average molecular weight is 386 g/mol. The molecule has 0 fully saturated rings. The zero-order valence-electron chi connectivity index (χ0n) is 15.4. The molecular formula is C18H19FN6O3. The van der Waals surface area contributed by atoms with Gasteiger partial charge in [0.25, 0.3) is 0 Å². The fraction of sp³-hybridized carbons (Fsp3) is 0.278. The second kappa shape index (κ2) is 7.99. The Labute approximate surface area is 159 Å². The van der Waals surface area contributed by atoms with Crippen molar-refractivity contribution in [3.05, 3.63) is 69.4 Å². The van der Waals surface area contributed by atoms with E-state index in [9.17, 15) is 19.3 Å². The highest BCUT2D eigenvalue weighted by Crippen LogP contribution is 2.21. The third-order valence-corrected chi connectivity index (χ3v) is 4.24. The second-order valence-corrected chi connectivity index (χ2v) is 6.32. The molecule has 10 heteroatoms. The first-order chi connectivity index (χ1) is 13.3. The Bertz CT molecular complexity index is 1010. The molecule has 0 aliphatic heterocycles. The van der Waals surface area contributed by atoms with Crippen LogP contribution in [0.2, 0.25) is 0 Å². The summed E-state index contributed by atoms with van der Waals surface area (Å²) < 4.78 is 16.0. The number of nitrogens with zero attached hydrogens (tertiary/aromatic N) is 5. The van der Waals surface area contributed by atoms with Gasteiger partial charge in [-0.25, -0.2) is 4.39 Å². The smallest absolute Gasteiger partial charge is 0.309 e. The minimum absolute atomic E-state index is 0.0278. The Hall–Kier alpha value is -3.56. The van der Waals surface area contributed by atoms with Crippen molar-refractivity contribution < 1.29 is 14.1 Å². The van der Waals surface area contributed by atoms with Crippen LogP contribution in [0.25, 0.3) is 0 Å². The summed E-state index contributed by atoms with van der Waals surface area (Å²) in [6.07, 6.45) is 1.81. The zero-order valence-corrected chi connectivity index (χ0v) is 15.4. The van der Waals surface area contributed by atoms with Gasteiger partial charge < -0.3 is 5.32 Å². The van der Waals surface area contributed by atoms with E-state index in [0.29, 0.717) is 23.8 Å². The second-order valence-electron chi connectivity index (χ2n) is 6.32. The van der Waals surface area contributed by atoms with Crippen LogP contribution in [0.4, 0.5) is 15.9 Å². The van der Waals surface area contributed by atoms with Gasteiger partial charge >= 0.3 is 5.69 Å². The maximum atomic E-state index is 12.9. The van der Waals surface area contributed by atoms with E-state index in [4.69, 9.17) is 0 Å². The Morgan fingerprint density at radius 1 is 1.21 bits per heavy atom. The van der Waals surface area contributed by atoms with Crippen LogP contribution in [0.3, 0.4) is 0 Å². The fourth-order valence-corrected chi connectivity index (χ4v) is 2.88. The number of hydrogen-bond acceptors (Lipinski definition) is 5. The molecule has 0 aliphatic carbocycles. The number of carbonyl (C=O) groups is 1. The summed E-state index contributed by atoms with van der Waals surface area (Å²) in [6, 6.07) is 7.76. The van der Waals surface area contributed by atoms with Crippen molar-refractivity contribution in [1.29, 1.82) is 0 Å². The van der Waals surface area contributed by atoms with Crippen LogP contribution < -0.4 is 5.32 Å². The van der Waals surface area contributed by atoms with Crippen molar-refractivity contribution in [2.75, 3.05) is 5.32 Å². The van der Waals surface area contributed by atoms with E-state index in [0.717, 1.165) is 5.56 Å². The largest absolute Gasteiger partial charge is 0.312 e. The molecule has 9 nitrogen and oxygen atoms in total. The normalized spacial score (nSPS) is 10.8. The van der Waals surface area contributed by atoms with Crippen LogP contribution in [0.15, 0.2) is 36.5 Å². The standard InChI is InChI=1S/C18H19FN6O3/c1-12-18(25(27)28)13(2)24(21-12)10-8-17(26)20-16-7-9-23(22-16)11-14-3-5-15(19)6-4-14/h3-7,9H,8,10-11H2,1-2H3,(H,20,22,26). The van der Waals surface area contributed by atoms with Crippen molar-refractivity contribution in [2.24, 2.45) is 0 Å². The predicted molar refractivity (Wildman–Crippen MR) is 99.3 cm³/mol. The van der Waals surface area contributed by atoms with Crippen LogP contribution in [0.1, 0.15) is 23.4 Å². The molecule has 0 atom stereocenters. The van der Waals surface area contributed by atoms with Gasteiger partial charge in [0, 0.05) is 18.7 Å². The summed E-state index contributed by atoms with van der Waals surface area (Å²) in [7, 11) is 0. The summed E-state index contributed by atoms with van der Waals surface area (Å²) >= 11 is 0. The molecular weight excluding hydrogens is 367 g/mol. The van der Waals surface area contributed by atoms with E-state index in [-0.39, 0.29) is 30.4 Å². The average Bonchev–Trinajstić information content (AvgIpc) is 3.18. The van der Waals surface area contributed by atoms with E-state index in [2.05, 4.69) is 15.5 Å². The summed E-state index contributed by atoms with van der Waals surface area (Å²) in [5.74, 6) is -0.182. The molecule has 0 saturated heterocycles. The lowest BCUT2D eigenvalue weighted by Gasteiger charge is -2.05. The van der Waals surface area contributed by atoms with Crippen LogP contribution in [-0.2, 0) is 17.9 Å². The van der Waals surface area contributed by atoms with Crippen molar-refractivity contribution in [1.82, 2.24) is 19.6 Å². The molecule has 2 aromatic heterocycles. The van der Waals surface area contributed by atoms with Gasteiger partial charge in [-0.3, -0.25) is 24.3 Å². The van der Waals surface area contributed by atoms with Crippen LogP contribution >= 0.6 is 0 Å². The minimum Gasteiger partial charge on any atom is -0.309 e. The molecule has 3 aromatic rings. The predicted octanol–water partition coefficient (Wildman–Crippen LogP) is 2.82. The topological polar surface area (TPSA) is 108 Å². The number of halogens is 1. The minimum atomic E-state index is -0.470. The van der Waals surface area contributed by atoms with E-state index < -0.39 is 4.92 Å². The first kappa shape index (κ1) is 19.2. The quantitative estimate of drug-likeness (QED) is 0.496. The summed E-state index contributed by atoms with van der Waals surface area (Å²) in [5, 5.41) is 22.1. The highest BCUT2D eigenvalue weighted by Gasteiger charge is 2.21. The zero-order chi connectivity index (χ0) is 20.3. The lowest BCUT2D eigenvalue weighted by Crippen LogP contribution is -2.16. The number of aryl methyl sites for hydroxylation is 2. The fourth-order valence-electron chi connectivity index (χ4n) is 2.88. The third kappa shape index (κ3) is 4.40. The third-order valence-electron chi connectivity index (χ3n) is 4.24. The lowest BCUT2D eigenvalue weighted by atomic mass is 10.2. The van der Waals surface area contributed by atoms with Gasteiger partial charge in [-0.15, -0.1) is 0 Å². The van der Waals surface area contributed by atoms with Crippen LogP contribution in [-0.4, -0.2) is 30.4 Å². The van der Waals surface area contributed by atoms with Crippen molar-refractivity contribution in [3.8, 4) is 0 Å². The van der Waals surface area contributed by atoms with Gasteiger partial charge in [0.2, 0.25) is 5.91 Å². The molecule has 28 heavy (non-hydrogen) atoms. The molecule has 0 aliphatic rings. The number of amides is 1. The maximum Gasteiger partial charge on any atom is 0.312 e. The van der Waals surface area contributed by atoms with Crippen molar-refractivity contribution >= 4 is 17.4 Å². The van der Waals surface area contributed by atoms with Gasteiger partial charge in [-0.05, 0) is 31.5 Å². The highest BCUT2D eigenvalue weighted by atomic mass is 19.1. The van der Waals surface area contributed by atoms with Crippen LogP contribution in [0, 0.1) is 29.8 Å². The lowest BCUT2D eigenvalue weighted by molar-refractivity contribution is -0.386. The van der Waals surface area contributed by atoms with Gasteiger partial charge in [-0.2, -0.15) is 10.2 Å². The van der Waals surface area contributed by atoms with E-state index in [1.165, 1.54) is 16.8 Å². The molecule has 3 rings (SSSR count). The first-order valence-electron chi connectivity index (χ1n) is 8.59. The number of nitrogens with one attached hydrogen (secondary N) is 1. The van der Waals surface area contributed by atoms with Gasteiger partial charge in [-0.1, -0.05) is 12.1 Å². The van der Waals surface area contributed by atoms with Gasteiger partial charge in [0.15, 0.2) is 5.82 Å². The molecule has 146 valence electrons. The molecule has 0 radical (unpaired) electrons. The highest BCUT2D eigenvalue weighted by molar-refractivity contribution is 5.89. The van der Waals surface area contributed by atoms with E-state index in [1.807, 2.05) is 0 Å². The molecule has 2 heterocycles. The van der Waals surface area contributed by atoms with Gasteiger partial charge in [0.05, 0.1) is 18.0 Å². The number of benzene rings is 1. The maximum absolute atomic E-state index is 12.9. The Morgan fingerprint density at radius 2 is 1.93 bits per heavy atom. The van der Waals surface area contributed by atoms with Crippen molar-refractivity contribution in [2.45, 2.75) is 33.4 Å². The Morgan fingerprint density at radius 3 is 2.57 bits per heavy atom. The molecule has 0 spiro atoms. The molecule has 1 N–H and O–H groups in total. The summed E-state index contributed by atoms with van der Waals surface area (Å²) in [6.45, 7) is 3.84. The Kier molecular flexibility index (Phi) is 5.48. The molecule has 0 saturated carbocycles. The van der Waals surface area contributed by atoms with E-state index >= 15 is 0 Å². The number of nitro groups is 1. The number of aromatic nitrogens is 4. The molecule has 1 amide bonds. The monoisotopic (exact) mass is 386 g/mol. The number of hydrogen-bond donors (Lipinski definition) is 1. The summed E-state index contributed by atoms with van der Waals surface area (Å²) in [5.41, 5.74) is 1.59. The number of rotatable bonds is 7. The number of anilines is 1. The van der Waals surface area contributed by atoms with Gasteiger partial charge in [0.1, 0.15) is 17.2 Å². The van der Waals surface area contributed by atoms with Crippen LogP contribution in [0.5, 0.6) is 0 Å².